The van der Waals surface area contributed by atoms with E-state index < -0.39 is 41.2 Å². The second-order valence-electron chi connectivity index (χ2n) is 11.7. The third kappa shape index (κ3) is 2.65. The molecule has 2 aliphatic heterocycles. The third-order valence-corrected chi connectivity index (χ3v) is 10.1. The maximum absolute atomic E-state index is 16.9. The topological polar surface area (TPSA) is 97.0 Å². The van der Waals surface area contributed by atoms with Crippen molar-refractivity contribution in [1.82, 2.24) is 4.90 Å². The monoisotopic (exact) mass is 480 g/mol. The normalized spacial score (nSPS) is 47.9. The van der Waals surface area contributed by atoms with Gasteiger partial charge in [0, 0.05) is 17.4 Å². The third-order valence-electron chi connectivity index (χ3n) is 10.1. The first-order chi connectivity index (χ1) is 16.5. The lowest BCUT2D eigenvalue weighted by atomic mass is 9.55. The van der Waals surface area contributed by atoms with Crippen LogP contribution in [0.5, 0.6) is 0 Å². The first-order valence-corrected chi connectivity index (χ1v) is 12.6. The standard InChI is InChI=1S/C28H33FN2O4/c1-25-11-10-19-23(33)28(29)24(34)22(32)20(31(2)3)14-26(28)12-13-27(19,35-26)21(25)9-8-18(25)17-6-4-16(15-30)5-7-17/h4-8,10,20-24,32-34H,9,11-14H2,1-3H3/t20-,21?,22+,23?,24-,25+,26+,27+,28?/m0/s1. The SMILES string of the molecule is CN(C)[C@H]1C[C@@]23CC[C@@]4(O2)C(=CC[C@]2(C)C(c5ccc(C#N)cc5)=CCC24)C(O)C3(F)[C@@H](O)[C@@H]1O. The summed E-state index contributed by atoms with van der Waals surface area (Å²) >= 11 is 0. The van der Waals surface area contributed by atoms with E-state index in [9.17, 15) is 20.6 Å². The number of benzene rings is 1. The van der Waals surface area contributed by atoms with Gasteiger partial charge in [-0.15, -0.1) is 0 Å². The number of nitriles is 1. The molecular formula is C28H33FN2O4. The second-order valence-corrected chi connectivity index (χ2v) is 11.7. The molecule has 0 amide bonds. The molecule has 1 saturated carbocycles. The van der Waals surface area contributed by atoms with Gasteiger partial charge in [0.1, 0.15) is 17.8 Å². The highest BCUT2D eigenvalue weighted by Gasteiger charge is 2.79. The van der Waals surface area contributed by atoms with E-state index in [4.69, 9.17) is 4.74 Å². The fourth-order valence-corrected chi connectivity index (χ4v) is 8.25. The quantitative estimate of drug-likeness (QED) is 0.564. The number of alkyl halides is 1. The van der Waals surface area contributed by atoms with Crippen LogP contribution in [0, 0.1) is 22.7 Å². The van der Waals surface area contributed by atoms with Gasteiger partial charge in [0.15, 0.2) is 5.67 Å². The number of nitrogens with zero attached hydrogens (tertiary/aromatic N) is 2. The Bertz CT molecular complexity index is 1170. The maximum Gasteiger partial charge on any atom is 0.197 e. The minimum absolute atomic E-state index is 0.0148. The molecule has 3 aliphatic carbocycles. The number of aliphatic hydroxyl groups excluding tert-OH is 3. The van der Waals surface area contributed by atoms with E-state index in [-0.39, 0.29) is 17.8 Å². The molecular weight excluding hydrogens is 447 g/mol. The number of likely N-dealkylation sites (N-methyl/N-ethyl adjacent to an activating group) is 1. The van der Waals surface area contributed by atoms with E-state index in [1.54, 1.807) is 19.0 Å². The number of fused-ring (bicyclic) bond motifs is 1. The molecule has 6 rings (SSSR count). The minimum atomic E-state index is -2.47. The van der Waals surface area contributed by atoms with Gasteiger partial charge in [-0.25, -0.2) is 4.39 Å². The average molecular weight is 481 g/mol. The van der Waals surface area contributed by atoms with Gasteiger partial charge in [-0.3, -0.25) is 0 Å². The van der Waals surface area contributed by atoms with E-state index >= 15 is 4.39 Å². The molecule has 186 valence electrons. The van der Waals surface area contributed by atoms with Crippen LogP contribution in [0.4, 0.5) is 4.39 Å². The molecule has 0 radical (unpaired) electrons. The molecule has 3 unspecified atom stereocenters. The van der Waals surface area contributed by atoms with Crippen LogP contribution in [0.25, 0.3) is 5.57 Å². The lowest BCUT2D eigenvalue weighted by Gasteiger charge is -2.62. The zero-order valence-electron chi connectivity index (χ0n) is 20.4. The van der Waals surface area contributed by atoms with Crippen molar-refractivity contribution in [2.75, 3.05) is 14.1 Å². The summed E-state index contributed by atoms with van der Waals surface area (Å²) in [5, 5.41) is 42.5. The lowest BCUT2D eigenvalue weighted by molar-refractivity contribution is -0.308. The number of halogens is 1. The Hall–Kier alpha value is -2.08. The van der Waals surface area contributed by atoms with Crippen molar-refractivity contribution in [3.63, 3.8) is 0 Å². The highest BCUT2D eigenvalue weighted by atomic mass is 19.1. The minimum Gasteiger partial charge on any atom is -0.389 e. The molecule has 1 aromatic carbocycles. The van der Waals surface area contributed by atoms with Crippen LogP contribution >= 0.6 is 0 Å². The average Bonchev–Trinajstić information content (AvgIpc) is 3.38. The molecule has 2 bridgehead atoms. The molecule has 3 N–H and O–H groups in total. The van der Waals surface area contributed by atoms with Crippen molar-refractivity contribution in [1.29, 1.82) is 5.26 Å². The smallest absolute Gasteiger partial charge is 0.197 e. The number of allylic oxidation sites excluding steroid dienone is 3. The molecule has 0 aromatic heterocycles. The van der Waals surface area contributed by atoms with Gasteiger partial charge in [0.05, 0.1) is 23.3 Å². The second kappa shape index (κ2) is 7.24. The fourth-order valence-electron chi connectivity index (χ4n) is 8.25. The molecule has 2 saturated heterocycles. The summed E-state index contributed by atoms with van der Waals surface area (Å²) in [5.41, 5.74) is -1.53. The van der Waals surface area contributed by atoms with Gasteiger partial charge < -0.3 is 25.0 Å². The van der Waals surface area contributed by atoms with Crippen molar-refractivity contribution in [3.8, 4) is 6.07 Å². The maximum atomic E-state index is 16.9. The molecule has 5 aliphatic rings. The van der Waals surface area contributed by atoms with Crippen LogP contribution in [0.2, 0.25) is 0 Å². The fraction of sp³-hybridized carbons (Fsp3) is 0.607. The van der Waals surface area contributed by atoms with Gasteiger partial charge in [-0.2, -0.15) is 5.26 Å². The Balaban J connectivity index is 1.43. The first kappa shape index (κ1) is 23.3. The molecule has 7 heteroatoms. The van der Waals surface area contributed by atoms with E-state index in [1.807, 2.05) is 30.3 Å². The molecule has 35 heavy (non-hydrogen) atoms. The van der Waals surface area contributed by atoms with Gasteiger partial charge in [0.25, 0.3) is 0 Å². The summed E-state index contributed by atoms with van der Waals surface area (Å²) in [6.45, 7) is 2.22. The molecule has 2 heterocycles. The Labute approximate surface area is 205 Å². The van der Waals surface area contributed by atoms with E-state index in [2.05, 4.69) is 19.1 Å². The summed E-state index contributed by atoms with van der Waals surface area (Å²) in [6.07, 6.45) is 2.07. The first-order valence-electron chi connectivity index (χ1n) is 12.6. The Morgan fingerprint density at radius 3 is 2.49 bits per heavy atom. The lowest BCUT2D eigenvalue weighted by Crippen LogP contribution is -2.78. The number of rotatable bonds is 2. The zero-order chi connectivity index (χ0) is 25.0. The predicted molar refractivity (Wildman–Crippen MR) is 128 cm³/mol. The summed E-state index contributed by atoms with van der Waals surface area (Å²) in [6, 6.07) is 9.30. The van der Waals surface area contributed by atoms with Crippen LogP contribution in [-0.2, 0) is 4.74 Å². The van der Waals surface area contributed by atoms with Crippen molar-refractivity contribution in [2.45, 2.75) is 80.3 Å². The Morgan fingerprint density at radius 1 is 1.11 bits per heavy atom. The van der Waals surface area contributed by atoms with Crippen molar-refractivity contribution >= 4 is 5.57 Å². The Kier molecular flexibility index (Phi) is 4.83. The number of aliphatic hydroxyl groups is 3. The van der Waals surface area contributed by atoms with Crippen LogP contribution < -0.4 is 0 Å². The van der Waals surface area contributed by atoms with Crippen LogP contribution in [-0.4, -0.2) is 75.5 Å². The molecule has 9 atom stereocenters. The summed E-state index contributed by atoms with van der Waals surface area (Å²) < 4.78 is 23.8. The number of hydrogen-bond acceptors (Lipinski definition) is 6. The molecule has 3 fully saturated rings. The van der Waals surface area contributed by atoms with Crippen LogP contribution in [0.1, 0.15) is 50.2 Å². The van der Waals surface area contributed by atoms with E-state index in [1.165, 1.54) is 5.57 Å². The predicted octanol–water partition coefficient (Wildman–Crippen LogP) is 2.72. The molecule has 1 aromatic rings. The van der Waals surface area contributed by atoms with E-state index in [0.29, 0.717) is 30.4 Å². The number of hydrogen-bond donors (Lipinski definition) is 3. The van der Waals surface area contributed by atoms with Gasteiger partial charge >= 0.3 is 0 Å². The van der Waals surface area contributed by atoms with E-state index in [0.717, 1.165) is 12.0 Å². The van der Waals surface area contributed by atoms with Gasteiger partial charge in [0.2, 0.25) is 0 Å². The molecule has 2 spiro atoms. The zero-order valence-corrected chi connectivity index (χ0v) is 20.4. The highest BCUT2D eigenvalue weighted by Crippen LogP contribution is 2.70. The van der Waals surface area contributed by atoms with Crippen LogP contribution in [0.15, 0.2) is 42.0 Å². The van der Waals surface area contributed by atoms with Crippen LogP contribution in [0.3, 0.4) is 0 Å². The molecule has 6 nitrogen and oxygen atoms in total. The van der Waals surface area contributed by atoms with Crippen molar-refractivity contribution in [2.24, 2.45) is 11.3 Å². The van der Waals surface area contributed by atoms with Gasteiger partial charge in [-0.05, 0) is 75.0 Å². The Morgan fingerprint density at radius 2 is 1.83 bits per heavy atom. The highest BCUT2D eigenvalue weighted by molar-refractivity contribution is 5.74. The van der Waals surface area contributed by atoms with Gasteiger partial charge in [-0.1, -0.05) is 31.2 Å². The number of ether oxygens (including phenoxy) is 1. The summed E-state index contributed by atoms with van der Waals surface area (Å²) in [5.74, 6) is 0.0148. The largest absolute Gasteiger partial charge is 0.389 e. The van der Waals surface area contributed by atoms with Crippen molar-refractivity contribution < 1.29 is 24.4 Å². The summed E-state index contributed by atoms with van der Waals surface area (Å²) in [7, 11) is 3.61. The summed E-state index contributed by atoms with van der Waals surface area (Å²) in [4.78, 5) is 1.80. The van der Waals surface area contributed by atoms with Crippen molar-refractivity contribution in [3.05, 3.63) is 53.1 Å².